The molecular formula is C36H41N3O6S. The van der Waals surface area contributed by atoms with Crippen LogP contribution in [0.25, 0.3) is 0 Å². The number of anilines is 1. The molecule has 0 radical (unpaired) electrons. The number of nitrogens with one attached hydrogen (secondary N) is 1. The van der Waals surface area contributed by atoms with Crippen LogP contribution in [0.4, 0.5) is 5.69 Å². The molecule has 10 heteroatoms. The molecule has 4 aromatic carbocycles. The molecule has 0 heterocycles. The third-order valence-corrected chi connectivity index (χ3v) is 9.46. The van der Waals surface area contributed by atoms with Crippen LogP contribution in [-0.2, 0) is 32.6 Å². The average molecular weight is 644 g/mol. The zero-order chi connectivity index (χ0) is 33.1. The zero-order valence-electron chi connectivity index (χ0n) is 26.7. The van der Waals surface area contributed by atoms with E-state index in [1.54, 1.807) is 30.3 Å². The van der Waals surface area contributed by atoms with Gasteiger partial charge in [0.1, 0.15) is 12.6 Å². The molecule has 0 saturated heterocycles. The Kier molecular flexibility index (Phi) is 11.8. The van der Waals surface area contributed by atoms with E-state index in [1.165, 1.54) is 37.3 Å². The number of hydrogen-bond donors (Lipinski definition) is 1. The fraction of sp³-hybridized carbons (Fsp3) is 0.278. The first-order chi connectivity index (χ1) is 22.2. The number of methoxy groups -OCH3 is 2. The number of amides is 2. The minimum Gasteiger partial charge on any atom is -0.493 e. The van der Waals surface area contributed by atoms with E-state index < -0.39 is 28.5 Å². The highest BCUT2D eigenvalue weighted by Gasteiger charge is 2.35. The lowest BCUT2D eigenvalue weighted by Crippen LogP contribution is -2.53. The maximum Gasteiger partial charge on any atom is 0.264 e. The molecule has 0 saturated carbocycles. The van der Waals surface area contributed by atoms with Gasteiger partial charge in [-0.3, -0.25) is 13.9 Å². The second-order valence-electron chi connectivity index (χ2n) is 10.8. The number of hydrogen-bond acceptors (Lipinski definition) is 6. The van der Waals surface area contributed by atoms with Gasteiger partial charge in [-0.05, 0) is 54.3 Å². The number of para-hydroxylation sites is 1. The average Bonchev–Trinajstić information content (AvgIpc) is 3.08. The highest BCUT2D eigenvalue weighted by Crippen LogP contribution is 2.32. The van der Waals surface area contributed by atoms with Crippen LogP contribution in [0.5, 0.6) is 11.5 Å². The molecule has 2 amide bonds. The number of carbonyl (C=O) groups is 2. The van der Waals surface area contributed by atoms with Crippen molar-refractivity contribution >= 4 is 27.5 Å². The van der Waals surface area contributed by atoms with E-state index in [1.807, 2.05) is 68.4 Å². The van der Waals surface area contributed by atoms with Gasteiger partial charge in [0.05, 0.1) is 24.8 Å². The Bertz CT molecular complexity index is 1710. The van der Waals surface area contributed by atoms with Crippen LogP contribution in [0.1, 0.15) is 30.0 Å². The Balaban J connectivity index is 1.81. The minimum absolute atomic E-state index is 0.0752. The molecule has 4 rings (SSSR count). The van der Waals surface area contributed by atoms with E-state index in [9.17, 15) is 18.0 Å². The highest BCUT2D eigenvalue weighted by atomic mass is 32.2. The summed E-state index contributed by atoms with van der Waals surface area (Å²) in [4.78, 5) is 29.7. The third-order valence-electron chi connectivity index (χ3n) is 7.69. The number of ether oxygens (including phenoxy) is 2. The van der Waals surface area contributed by atoms with Crippen LogP contribution in [-0.4, -0.2) is 58.5 Å². The lowest BCUT2D eigenvalue weighted by atomic mass is 10.0. The van der Waals surface area contributed by atoms with Gasteiger partial charge in [-0.2, -0.15) is 0 Å². The monoisotopic (exact) mass is 643 g/mol. The first kappa shape index (κ1) is 34.1. The van der Waals surface area contributed by atoms with Gasteiger partial charge >= 0.3 is 0 Å². The standard InChI is InChI=1S/C36H41N3O6S/c1-5-22-37-36(41)32(23-28-15-8-6-9-16-28)38(25-29-17-13-12-14-27(29)2)35(40)26-39(30-18-10-7-11-19-30)46(42,43)31-20-21-33(44-3)34(24-31)45-4/h6-21,24,32H,5,22-23,25-26H2,1-4H3,(H,37,41)/t32-/m0/s1. The van der Waals surface area contributed by atoms with Gasteiger partial charge in [0, 0.05) is 25.6 Å². The maximum atomic E-state index is 14.5. The van der Waals surface area contributed by atoms with E-state index in [0.29, 0.717) is 18.0 Å². The fourth-order valence-electron chi connectivity index (χ4n) is 5.12. The molecule has 0 spiro atoms. The number of sulfonamides is 1. The molecule has 0 unspecified atom stereocenters. The second kappa shape index (κ2) is 15.9. The van der Waals surface area contributed by atoms with Crippen LogP contribution >= 0.6 is 0 Å². The molecule has 46 heavy (non-hydrogen) atoms. The van der Waals surface area contributed by atoms with Crippen LogP contribution < -0.4 is 19.1 Å². The molecule has 0 aromatic heterocycles. The molecule has 9 nitrogen and oxygen atoms in total. The lowest BCUT2D eigenvalue weighted by molar-refractivity contribution is -0.140. The predicted octanol–water partition coefficient (Wildman–Crippen LogP) is 5.37. The van der Waals surface area contributed by atoms with Crippen molar-refractivity contribution in [3.05, 3.63) is 120 Å². The Morgan fingerprint density at radius 2 is 1.46 bits per heavy atom. The fourth-order valence-corrected chi connectivity index (χ4v) is 6.55. The van der Waals surface area contributed by atoms with E-state index in [0.717, 1.165) is 27.4 Å². The van der Waals surface area contributed by atoms with E-state index in [2.05, 4.69) is 5.32 Å². The summed E-state index contributed by atoms with van der Waals surface area (Å²) in [5.74, 6) is -0.222. The van der Waals surface area contributed by atoms with Crippen molar-refractivity contribution in [1.29, 1.82) is 0 Å². The molecule has 4 aromatic rings. The van der Waals surface area contributed by atoms with Crippen molar-refractivity contribution < 1.29 is 27.5 Å². The predicted molar refractivity (Wildman–Crippen MR) is 179 cm³/mol. The van der Waals surface area contributed by atoms with Crippen molar-refractivity contribution in [2.24, 2.45) is 0 Å². The summed E-state index contributed by atoms with van der Waals surface area (Å²) in [7, 11) is -1.40. The summed E-state index contributed by atoms with van der Waals surface area (Å²) >= 11 is 0. The van der Waals surface area contributed by atoms with Crippen LogP contribution in [0.2, 0.25) is 0 Å². The van der Waals surface area contributed by atoms with Crippen molar-refractivity contribution in [1.82, 2.24) is 10.2 Å². The summed E-state index contributed by atoms with van der Waals surface area (Å²) in [5, 5.41) is 2.96. The van der Waals surface area contributed by atoms with Crippen LogP contribution in [0.15, 0.2) is 108 Å². The minimum atomic E-state index is -4.29. The van der Waals surface area contributed by atoms with E-state index >= 15 is 0 Å². The topological polar surface area (TPSA) is 105 Å². The number of nitrogens with zero attached hydrogens (tertiary/aromatic N) is 2. The van der Waals surface area contributed by atoms with Gasteiger partial charge in [-0.1, -0.05) is 79.7 Å². The van der Waals surface area contributed by atoms with E-state index in [-0.39, 0.29) is 29.5 Å². The molecular weight excluding hydrogens is 602 g/mol. The SMILES string of the molecule is CCCNC(=O)[C@H](Cc1ccccc1)N(Cc1ccccc1C)C(=O)CN(c1ccccc1)S(=O)(=O)c1ccc(OC)c(OC)c1. The molecule has 0 aliphatic carbocycles. The van der Waals surface area contributed by atoms with Crippen molar-refractivity contribution in [2.75, 3.05) is 31.6 Å². The summed E-state index contributed by atoms with van der Waals surface area (Å²) in [6, 6.07) is 29.0. The van der Waals surface area contributed by atoms with Gasteiger partial charge in [-0.25, -0.2) is 8.42 Å². The molecule has 1 N–H and O–H groups in total. The summed E-state index contributed by atoms with van der Waals surface area (Å²) in [6.07, 6.45) is 0.975. The largest absolute Gasteiger partial charge is 0.493 e. The third kappa shape index (κ3) is 8.25. The molecule has 0 fully saturated rings. The highest BCUT2D eigenvalue weighted by molar-refractivity contribution is 7.92. The normalized spacial score (nSPS) is 11.7. The van der Waals surface area contributed by atoms with Gasteiger partial charge in [-0.15, -0.1) is 0 Å². The Labute approximate surface area is 271 Å². The number of aryl methyl sites for hydroxylation is 1. The van der Waals surface area contributed by atoms with Crippen LogP contribution in [0.3, 0.4) is 0 Å². The number of benzene rings is 4. The van der Waals surface area contributed by atoms with Crippen LogP contribution in [0, 0.1) is 6.92 Å². The van der Waals surface area contributed by atoms with E-state index in [4.69, 9.17) is 9.47 Å². The Hall–Kier alpha value is -4.83. The van der Waals surface area contributed by atoms with Gasteiger partial charge < -0.3 is 19.7 Å². The summed E-state index contributed by atoms with van der Waals surface area (Å²) < 4.78 is 40.3. The molecule has 1 atom stereocenters. The first-order valence-electron chi connectivity index (χ1n) is 15.1. The number of carbonyl (C=O) groups excluding carboxylic acids is 2. The molecule has 242 valence electrons. The summed E-state index contributed by atoms with van der Waals surface area (Å²) in [5.41, 5.74) is 2.98. The smallest absolute Gasteiger partial charge is 0.264 e. The zero-order valence-corrected chi connectivity index (χ0v) is 27.5. The Morgan fingerprint density at radius 3 is 2.09 bits per heavy atom. The quantitative estimate of drug-likeness (QED) is 0.187. The molecule has 0 bridgehead atoms. The first-order valence-corrected chi connectivity index (χ1v) is 16.6. The maximum absolute atomic E-state index is 14.5. The van der Waals surface area contributed by atoms with Gasteiger partial charge in [0.15, 0.2) is 11.5 Å². The summed E-state index contributed by atoms with van der Waals surface area (Å²) in [6.45, 7) is 3.92. The second-order valence-corrected chi connectivity index (χ2v) is 12.7. The van der Waals surface area contributed by atoms with Gasteiger partial charge in [0.25, 0.3) is 10.0 Å². The molecule has 0 aliphatic heterocycles. The van der Waals surface area contributed by atoms with Crippen molar-refractivity contribution in [2.45, 2.75) is 44.2 Å². The Morgan fingerprint density at radius 1 is 0.826 bits per heavy atom. The van der Waals surface area contributed by atoms with Crippen molar-refractivity contribution in [3.8, 4) is 11.5 Å². The molecule has 0 aliphatic rings. The van der Waals surface area contributed by atoms with Gasteiger partial charge in [0.2, 0.25) is 11.8 Å². The van der Waals surface area contributed by atoms with Crippen molar-refractivity contribution in [3.63, 3.8) is 0 Å². The lowest BCUT2D eigenvalue weighted by Gasteiger charge is -2.34. The number of rotatable bonds is 15.